The summed E-state index contributed by atoms with van der Waals surface area (Å²) >= 11 is 0. The van der Waals surface area contributed by atoms with Crippen LogP contribution in [0.15, 0.2) is 6.07 Å². The zero-order valence-corrected chi connectivity index (χ0v) is 11.0. The van der Waals surface area contributed by atoms with Gasteiger partial charge in [0.25, 0.3) is 5.91 Å². The van der Waals surface area contributed by atoms with Crippen LogP contribution in [-0.4, -0.2) is 35.2 Å². The van der Waals surface area contributed by atoms with Crippen molar-refractivity contribution in [3.8, 4) is 0 Å². The number of aromatic nitrogens is 2. The van der Waals surface area contributed by atoms with E-state index in [1.807, 2.05) is 13.8 Å². The van der Waals surface area contributed by atoms with Gasteiger partial charge in [-0.2, -0.15) is 10.2 Å². The van der Waals surface area contributed by atoms with E-state index >= 15 is 0 Å². The second-order valence-electron chi connectivity index (χ2n) is 4.84. The molecule has 1 aromatic rings. The van der Waals surface area contributed by atoms with E-state index in [1.54, 1.807) is 6.07 Å². The zero-order valence-electron chi connectivity index (χ0n) is 11.0. The first-order chi connectivity index (χ1) is 8.66. The molecule has 2 N–H and O–H groups in total. The van der Waals surface area contributed by atoms with E-state index in [0.717, 1.165) is 38.0 Å². The highest BCUT2D eigenvalue weighted by molar-refractivity contribution is 5.95. The molecule has 1 aliphatic rings. The minimum atomic E-state index is -0.0302. The lowest BCUT2D eigenvalue weighted by molar-refractivity contribution is 0.0932. The van der Waals surface area contributed by atoms with Crippen LogP contribution in [0.1, 0.15) is 41.0 Å². The van der Waals surface area contributed by atoms with E-state index in [1.165, 1.54) is 0 Å². The molecule has 1 aromatic heterocycles. The van der Waals surface area contributed by atoms with Crippen molar-refractivity contribution in [2.45, 2.75) is 39.2 Å². The standard InChI is InChI=1S/C13H20N4O/c1-9-8-12(10(2)17-16-9)13(18)15-11-4-3-6-14-7-5-11/h8,11,14H,3-7H2,1-2H3,(H,15,18). The van der Waals surface area contributed by atoms with Crippen LogP contribution in [0, 0.1) is 13.8 Å². The molecule has 98 valence electrons. The predicted octanol–water partition coefficient (Wildman–Crippen LogP) is 0.965. The van der Waals surface area contributed by atoms with Crippen molar-refractivity contribution in [3.05, 3.63) is 23.0 Å². The fourth-order valence-corrected chi connectivity index (χ4v) is 2.21. The number of hydrogen-bond donors (Lipinski definition) is 2. The number of amides is 1. The minimum Gasteiger partial charge on any atom is -0.349 e. The van der Waals surface area contributed by atoms with Gasteiger partial charge in [0.05, 0.1) is 17.0 Å². The van der Waals surface area contributed by atoms with Crippen molar-refractivity contribution in [2.24, 2.45) is 0 Å². The Hall–Kier alpha value is -1.49. The van der Waals surface area contributed by atoms with Gasteiger partial charge in [0.2, 0.25) is 0 Å². The van der Waals surface area contributed by atoms with E-state index < -0.39 is 0 Å². The van der Waals surface area contributed by atoms with Crippen LogP contribution < -0.4 is 10.6 Å². The highest BCUT2D eigenvalue weighted by Gasteiger charge is 2.17. The lowest BCUT2D eigenvalue weighted by atomic mass is 10.1. The molecule has 1 aliphatic heterocycles. The highest BCUT2D eigenvalue weighted by atomic mass is 16.1. The first-order valence-electron chi connectivity index (χ1n) is 6.49. The van der Waals surface area contributed by atoms with Crippen molar-refractivity contribution in [1.82, 2.24) is 20.8 Å². The molecule has 5 nitrogen and oxygen atoms in total. The van der Waals surface area contributed by atoms with Gasteiger partial charge in [-0.15, -0.1) is 0 Å². The quantitative estimate of drug-likeness (QED) is 0.818. The summed E-state index contributed by atoms with van der Waals surface area (Å²) in [6.45, 7) is 5.67. The monoisotopic (exact) mass is 248 g/mol. The maximum atomic E-state index is 12.2. The smallest absolute Gasteiger partial charge is 0.253 e. The van der Waals surface area contributed by atoms with Gasteiger partial charge in [-0.05, 0) is 52.3 Å². The van der Waals surface area contributed by atoms with Gasteiger partial charge in [0, 0.05) is 6.04 Å². The second kappa shape index (κ2) is 5.91. The Kier molecular flexibility index (Phi) is 4.25. The summed E-state index contributed by atoms with van der Waals surface area (Å²) in [5, 5.41) is 14.4. The normalized spacial score (nSPS) is 20.2. The number of nitrogens with one attached hydrogen (secondary N) is 2. The van der Waals surface area contributed by atoms with Gasteiger partial charge in [0.15, 0.2) is 0 Å². The second-order valence-corrected chi connectivity index (χ2v) is 4.84. The molecule has 2 rings (SSSR count). The zero-order chi connectivity index (χ0) is 13.0. The molecule has 0 bridgehead atoms. The average Bonchev–Trinajstić information content (AvgIpc) is 2.61. The fraction of sp³-hybridized carbons (Fsp3) is 0.615. The van der Waals surface area contributed by atoms with Crippen molar-refractivity contribution >= 4 is 5.91 Å². The van der Waals surface area contributed by atoms with Crippen LogP contribution in [0.2, 0.25) is 0 Å². The summed E-state index contributed by atoms with van der Waals surface area (Å²) in [4.78, 5) is 12.2. The lowest BCUT2D eigenvalue weighted by Crippen LogP contribution is -2.36. The van der Waals surface area contributed by atoms with Crippen LogP contribution in [0.3, 0.4) is 0 Å². The van der Waals surface area contributed by atoms with Gasteiger partial charge in [-0.3, -0.25) is 4.79 Å². The molecule has 2 heterocycles. The molecule has 5 heteroatoms. The molecule has 0 spiro atoms. The Balaban J connectivity index is 2.04. The van der Waals surface area contributed by atoms with E-state index in [9.17, 15) is 4.79 Å². The largest absolute Gasteiger partial charge is 0.349 e. The van der Waals surface area contributed by atoms with Crippen LogP contribution in [0.4, 0.5) is 0 Å². The molecule has 1 atom stereocenters. The SMILES string of the molecule is Cc1cc(C(=O)NC2CCCNCC2)c(C)nn1. The number of carbonyl (C=O) groups is 1. The van der Waals surface area contributed by atoms with Crippen LogP contribution in [-0.2, 0) is 0 Å². The molecule has 1 unspecified atom stereocenters. The predicted molar refractivity (Wildman–Crippen MR) is 69.5 cm³/mol. The Bertz CT molecular complexity index is 425. The molecule has 0 aliphatic carbocycles. The number of rotatable bonds is 2. The summed E-state index contributed by atoms with van der Waals surface area (Å²) in [5.74, 6) is -0.0302. The molecule has 0 aromatic carbocycles. The Morgan fingerprint density at radius 3 is 3.00 bits per heavy atom. The van der Waals surface area contributed by atoms with E-state index in [4.69, 9.17) is 0 Å². The number of hydrogen-bond acceptors (Lipinski definition) is 4. The van der Waals surface area contributed by atoms with Crippen LogP contribution >= 0.6 is 0 Å². The third kappa shape index (κ3) is 3.26. The fourth-order valence-electron chi connectivity index (χ4n) is 2.21. The topological polar surface area (TPSA) is 66.9 Å². The molecule has 1 saturated heterocycles. The van der Waals surface area contributed by atoms with Gasteiger partial charge < -0.3 is 10.6 Å². The Morgan fingerprint density at radius 1 is 1.33 bits per heavy atom. The van der Waals surface area contributed by atoms with Crippen molar-refractivity contribution < 1.29 is 4.79 Å². The molecule has 1 amide bonds. The third-order valence-corrected chi connectivity index (χ3v) is 3.26. The van der Waals surface area contributed by atoms with Crippen LogP contribution in [0.5, 0.6) is 0 Å². The average molecular weight is 248 g/mol. The number of carbonyl (C=O) groups excluding carboxylic acids is 1. The Morgan fingerprint density at radius 2 is 2.17 bits per heavy atom. The minimum absolute atomic E-state index is 0.0302. The summed E-state index contributed by atoms with van der Waals surface area (Å²) in [5.41, 5.74) is 2.10. The molecule has 0 radical (unpaired) electrons. The first-order valence-corrected chi connectivity index (χ1v) is 6.49. The summed E-state index contributed by atoms with van der Waals surface area (Å²) in [7, 11) is 0. The molecular formula is C13H20N4O. The number of nitrogens with zero attached hydrogens (tertiary/aromatic N) is 2. The molecule has 1 fully saturated rings. The molecule has 0 saturated carbocycles. The summed E-state index contributed by atoms with van der Waals surface area (Å²) < 4.78 is 0. The highest BCUT2D eigenvalue weighted by Crippen LogP contribution is 2.09. The van der Waals surface area contributed by atoms with E-state index in [2.05, 4.69) is 20.8 Å². The molecule has 18 heavy (non-hydrogen) atoms. The summed E-state index contributed by atoms with van der Waals surface area (Å²) in [6, 6.07) is 2.06. The van der Waals surface area contributed by atoms with Crippen molar-refractivity contribution in [2.75, 3.05) is 13.1 Å². The van der Waals surface area contributed by atoms with E-state index in [-0.39, 0.29) is 11.9 Å². The van der Waals surface area contributed by atoms with Crippen LogP contribution in [0.25, 0.3) is 0 Å². The summed E-state index contributed by atoms with van der Waals surface area (Å²) in [6.07, 6.45) is 3.13. The van der Waals surface area contributed by atoms with Gasteiger partial charge in [0.1, 0.15) is 0 Å². The third-order valence-electron chi connectivity index (χ3n) is 3.26. The maximum Gasteiger partial charge on any atom is 0.253 e. The maximum absolute atomic E-state index is 12.2. The van der Waals surface area contributed by atoms with Gasteiger partial charge in [-0.25, -0.2) is 0 Å². The lowest BCUT2D eigenvalue weighted by Gasteiger charge is -2.16. The first kappa shape index (κ1) is 13.0. The van der Waals surface area contributed by atoms with Crippen molar-refractivity contribution in [1.29, 1.82) is 0 Å². The number of aryl methyl sites for hydroxylation is 2. The van der Waals surface area contributed by atoms with Gasteiger partial charge >= 0.3 is 0 Å². The van der Waals surface area contributed by atoms with Crippen molar-refractivity contribution in [3.63, 3.8) is 0 Å². The Labute approximate surface area is 107 Å². The molecular weight excluding hydrogens is 228 g/mol. The van der Waals surface area contributed by atoms with E-state index in [0.29, 0.717) is 11.3 Å². The van der Waals surface area contributed by atoms with Gasteiger partial charge in [-0.1, -0.05) is 0 Å².